The molecule has 98 valence electrons. The topological polar surface area (TPSA) is 58.6 Å². The predicted octanol–water partition coefficient (Wildman–Crippen LogP) is 0.254. The Morgan fingerprint density at radius 1 is 1.41 bits per heavy atom. The monoisotopic (exact) mass is 242 g/mol. The van der Waals surface area contributed by atoms with Crippen LogP contribution in [-0.4, -0.2) is 50.1 Å². The van der Waals surface area contributed by atoms with Gasteiger partial charge in [0.25, 0.3) is 0 Å². The van der Waals surface area contributed by atoms with Crippen LogP contribution in [0.15, 0.2) is 0 Å². The zero-order valence-electron chi connectivity index (χ0n) is 10.9. The third kappa shape index (κ3) is 4.34. The molecule has 1 aliphatic rings. The molecule has 0 atom stereocenters. The first-order valence-electron chi connectivity index (χ1n) is 6.11. The highest BCUT2D eigenvalue weighted by Crippen LogP contribution is 2.11. The zero-order valence-corrected chi connectivity index (χ0v) is 10.9. The molecular formula is C12H22N2O3. The van der Waals surface area contributed by atoms with E-state index >= 15 is 0 Å². The Morgan fingerprint density at radius 3 is 2.47 bits per heavy atom. The van der Waals surface area contributed by atoms with E-state index in [2.05, 4.69) is 23.9 Å². The van der Waals surface area contributed by atoms with Crippen molar-refractivity contribution < 1.29 is 14.3 Å². The lowest BCUT2D eigenvalue weighted by molar-refractivity contribution is -0.143. The van der Waals surface area contributed by atoms with E-state index in [4.69, 9.17) is 0 Å². The van der Waals surface area contributed by atoms with E-state index in [1.165, 1.54) is 7.11 Å². The average molecular weight is 242 g/mol. The molecule has 0 saturated carbocycles. The van der Waals surface area contributed by atoms with E-state index in [-0.39, 0.29) is 24.2 Å². The fraction of sp³-hybridized carbons (Fsp3) is 0.833. The van der Waals surface area contributed by atoms with Crippen LogP contribution in [0.2, 0.25) is 0 Å². The Labute approximate surface area is 102 Å². The minimum absolute atomic E-state index is 0.0893. The number of carbonyl (C=O) groups excluding carboxylic acids is 2. The summed E-state index contributed by atoms with van der Waals surface area (Å²) in [5.74, 6) is 0.385. The second-order valence-electron chi connectivity index (χ2n) is 4.86. The quantitative estimate of drug-likeness (QED) is 0.678. The zero-order chi connectivity index (χ0) is 12.8. The van der Waals surface area contributed by atoms with E-state index in [0.29, 0.717) is 19.0 Å². The van der Waals surface area contributed by atoms with E-state index in [0.717, 1.165) is 13.1 Å². The molecule has 17 heavy (non-hydrogen) atoms. The molecule has 1 aliphatic heterocycles. The van der Waals surface area contributed by atoms with Crippen LogP contribution < -0.4 is 5.32 Å². The molecule has 1 N–H and O–H groups in total. The normalized spacial score (nSPS) is 15.5. The summed E-state index contributed by atoms with van der Waals surface area (Å²) in [4.78, 5) is 25.0. The highest BCUT2D eigenvalue weighted by Gasteiger charge is 2.29. The van der Waals surface area contributed by atoms with Crippen LogP contribution in [-0.2, 0) is 14.3 Å². The molecule has 1 heterocycles. The van der Waals surface area contributed by atoms with Crippen molar-refractivity contribution >= 4 is 11.9 Å². The molecule has 0 aromatic carbocycles. The molecule has 1 saturated heterocycles. The summed E-state index contributed by atoms with van der Waals surface area (Å²) in [7, 11) is 1.37. The van der Waals surface area contributed by atoms with Crippen molar-refractivity contribution in [2.24, 2.45) is 11.8 Å². The third-order valence-corrected chi connectivity index (χ3v) is 2.84. The minimum atomic E-state index is -0.265. The number of hydrogen-bond donors (Lipinski definition) is 1. The third-order valence-electron chi connectivity index (χ3n) is 2.84. The van der Waals surface area contributed by atoms with Crippen LogP contribution in [0.25, 0.3) is 0 Å². The van der Waals surface area contributed by atoms with Crippen LogP contribution in [0.4, 0.5) is 0 Å². The molecule has 0 aromatic rings. The summed E-state index contributed by atoms with van der Waals surface area (Å²) in [6.45, 7) is 6.80. The Hall–Kier alpha value is -1.10. The first-order chi connectivity index (χ1) is 8.04. The predicted molar refractivity (Wildman–Crippen MR) is 64.4 cm³/mol. The molecule has 0 unspecified atom stereocenters. The van der Waals surface area contributed by atoms with Crippen molar-refractivity contribution in [1.29, 1.82) is 0 Å². The molecule has 0 spiro atoms. The van der Waals surface area contributed by atoms with Crippen LogP contribution in [0.5, 0.6) is 0 Å². The van der Waals surface area contributed by atoms with Gasteiger partial charge in [0.15, 0.2) is 0 Å². The molecule has 1 amide bonds. The molecular weight excluding hydrogens is 220 g/mol. The van der Waals surface area contributed by atoms with Gasteiger partial charge >= 0.3 is 5.97 Å². The van der Waals surface area contributed by atoms with Gasteiger partial charge in [-0.3, -0.25) is 9.59 Å². The van der Waals surface area contributed by atoms with Crippen molar-refractivity contribution in [1.82, 2.24) is 10.2 Å². The van der Waals surface area contributed by atoms with Gasteiger partial charge in [-0.05, 0) is 5.92 Å². The Bertz CT molecular complexity index is 275. The number of nitrogens with one attached hydrogen (secondary N) is 1. The summed E-state index contributed by atoms with van der Waals surface area (Å²) in [5, 5.41) is 3.09. The number of rotatable bonds is 6. The minimum Gasteiger partial charge on any atom is -0.469 e. The molecule has 5 nitrogen and oxygen atoms in total. The number of carbonyl (C=O) groups is 2. The summed E-state index contributed by atoms with van der Waals surface area (Å²) in [5.41, 5.74) is 0. The Kier molecular flexibility index (Phi) is 5.41. The van der Waals surface area contributed by atoms with Gasteiger partial charge in [0.05, 0.1) is 19.4 Å². The molecule has 0 radical (unpaired) electrons. The number of nitrogens with zero attached hydrogens (tertiary/aromatic N) is 1. The fourth-order valence-corrected chi connectivity index (χ4v) is 1.78. The van der Waals surface area contributed by atoms with Crippen LogP contribution in [0.1, 0.15) is 20.3 Å². The number of esters is 1. The fourth-order valence-electron chi connectivity index (χ4n) is 1.78. The van der Waals surface area contributed by atoms with E-state index in [1.54, 1.807) is 4.90 Å². The van der Waals surface area contributed by atoms with E-state index < -0.39 is 0 Å². The van der Waals surface area contributed by atoms with Crippen molar-refractivity contribution in [3.8, 4) is 0 Å². The summed E-state index contributed by atoms with van der Waals surface area (Å²) >= 11 is 0. The van der Waals surface area contributed by atoms with Crippen molar-refractivity contribution in [2.75, 3.05) is 33.3 Å². The SMILES string of the molecule is COC(=O)CCN(CC(C)C)C(=O)C1CNC1. The maximum Gasteiger partial charge on any atom is 0.307 e. The maximum atomic E-state index is 12.1. The van der Waals surface area contributed by atoms with Crippen LogP contribution in [0, 0.1) is 11.8 Å². The number of ether oxygens (including phenoxy) is 1. The van der Waals surface area contributed by atoms with Crippen molar-refractivity contribution in [2.45, 2.75) is 20.3 Å². The summed E-state index contributed by atoms with van der Waals surface area (Å²) < 4.78 is 4.60. The Balaban J connectivity index is 2.46. The summed E-state index contributed by atoms with van der Waals surface area (Å²) in [6, 6.07) is 0. The average Bonchev–Trinajstić information content (AvgIpc) is 2.20. The molecule has 5 heteroatoms. The van der Waals surface area contributed by atoms with E-state index in [1.807, 2.05) is 0 Å². The van der Waals surface area contributed by atoms with Crippen LogP contribution >= 0.6 is 0 Å². The molecule has 1 fully saturated rings. The summed E-state index contributed by atoms with van der Waals surface area (Å²) in [6.07, 6.45) is 0.273. The highest BCUT2D eigenvalue weighted by molar-refractivity contribution is 5.81. The number of methoxy groups -OCH3 is 1. The van der Waals surface area contributed by atoms with Gasteiger partial charge in [0, 0.05) is 26.2 Å². The number of amides is 1. The van der Waals surface area contributed by atoms with Gasteiger partial charge < -0.3 is 15.0 Å². The van der Waals surface area contributed by atoms with Gasteiger partial charge in [-0.1, -0.05) is 13.8 Å². The second-order valence-corrected chi connectivity index (χ2v) is 4.86. The van der Waals surface area contributed by atoms with Gasteiger partial charge in [-0.2, -0.15) is 0 Å². The molecule has 0 aliphatic carbocycles. The standard InChI is InChI=1S/C12H22N2O3/c1-9(2)8-14(5-4-11(15)17-3)12(16)10-6-13-7-10/h9-10,13H,4-8H2,1-3H3. The Morgan fingerprint density at radius 2 is 2.06 bits per heavy atom. The van der Waals surface area contributed by atoms with Gasteiger partial charge in [-0.25, -0.2) is 0 Å². The van der Waals surface area contributed by atoms with Gasteiger partial charge in [0.1, 0.15) is 0 Å². The lowest BCUT2D eigenvalue weighted by atomic mass is 10.0. The van der Waals surface area contributed by atoms with Gasteiger partial charge in [-0.15, -0.1) is 0 Å². The van der Waals surface area contributed by atoms with Crippen molar-refractivity contribution in [3.05, 3.63) is 0 Å². The van der Waals surface area contributed by atoms with E-state index in [9.17, 15) is 9.59 Å². The first kappa shape index (κ1) is 14.0. The second kappa shape index (κ2) is 6.59. The maximum absolute atomic E-state index is 12.1. The highest BCUT2D eigenvalue weighted by atomic mass is 16.5. The molecule has 1 rings (SSSR count). The van der Waals surface area contributed by atoms with Crippen LogP contribution in [0.3, 0.4) is 0 Å². The lowest BCUT2D eigenvalue weighted by Crippen LogP contribution is -2.53. The lowest BCUT2D eigenvalue weighted by Gasteiger charge is -2.33. The molecule has 0 aromatic heterocycles. The first-order valence-corrected chi connectivity index (χ1v) is 6.11. The smallest absolute Gasteiger partial charge is 0.307 e. The number of hydrogen-bond acceptors (Lipinski definition) is 4. The van der Waals surface area contributed by atoms with Gasteiger partial charge in [0.2, 0.25) is 5.91 Å². The molecule has 0 bridgehead atoms. The van der Waals surface area contributed by atoms with Crippen molar-refractivity contribution in [3.63, 3.8) is 0 Å². The largest absolute Gasteiger partial charge is 0.469 e.